The van der Waals surface area contributed by atoms with Crippen molar-refractivity contribution < 1.29 is 14.3 Å². The van der Waals surface area contributed by atoms with Gasteiger partial charge < -0.3 is 9.47 Å². The molecule has 0 aliphatic carbocycles. The van der Waals surface area contributed by atoms with Crippen molar-refractivity contribution in [2.45, 2.75) is 58.5 Å². The number of esters is 1. The summed E-state index contributed by atoms with van der Waals surface area (Å²) in [7, 11) is 0. The largest absolute Gasteiger partial charge is 0.494 e. The highest BCUT2D eigenvalue weighted by molar-refractivity contribution is 5.89. The molecule has 0 saturated heterocycles. The van der Waals surface area contributed by atoms with Gasteiger partial charge >= 0.3 is 5.97 Å². The third-order valence-electron chi connectivity index (χ3n) is 4.51. The van der Waals surface area contributed by atoms with E-state index in [0.717, 1.165) is 24.5 Å². The number of benzene rings is 2. The van der Waals surface area contributed by atoms with Crippen LogP contribution in [0.4, 0.5) is 11.4 Å². The predicted molar refractivity (Wildman–Crippen MR) is 120 cm³/mol. The van der Waals surface area contributed by atoms with E-state index in [-0.39, 0.29) is 0 Å². The van der Waals surface area contributed by atoms with E-state index in [1.165, 1.54) is 32.1 Å². The van der Waals surface area contributed by atoms with Gasteiger partial charge in [-0.1, -0.05) is 44.9 Å². The minimum atomic E-state index is -0.561. The first-order chi connectivity index (χ1) is 14.6. The molecule has 0 heterocycles. The second kappa shape index (κ2) is 13.2. The van der Waals surface area contributed by atoms with Gasteiger partial charge in [0.1, 0.15) is 5.75 Å². The number of azo groups is 1. The molecule has 0 aliphatic rings. The maximum absolute atomic E-state index is 11.9. The maximum Gasteiger partial charge on any atom is 0.339 e. The second-order valence-corrected chi connectivity index (χ2v) is 7.07. The number of terminal acetylenes is 1. The quantitative estimate of drug-likeness (QED) is 0.165. The second-order valence-electron chi connectivity index (χ2n) is 7.07. The lowest BCUT2D eigenvalue weighted by molar-refractivity contribution is 0.0439. The molecule has 0 aliphatic heterocycles. The molecule has 5 nitrogen and oxygen atoms in total. The molecule has 2 aromatic carbocycles. The topological polar surface area (TPSA) is 60.2 Å². The molecule has 158 valence electrons. The van der Waals surface area contributed by atoms with E-state index in [1.54, 1.807) is 31.2 Å². The fourth-order valence-electron chi connectivity index (χ4n) is 2.72. The first-order valence-corrected chi connectivity index (χ1v) is 10.5. The Labute approximate surface area is 179 Å². The minimum absolute atomic E-state index is 0.419. The molecular formula is C25H30N2O3. The molecule has 0 fully saturated rings. The molecular weight excluding hydrogens is 376 g/mol. The van der Waals surface area contributed by atoms with Crippen molar-refractivity contribution in [2.75, 3.05) is 6.61 Å². The SMILES string of the molecule is C#C[C@@H](C)OC(=O)c1ccc(N=Nc2ccc(OCCCCCCCC)cc2)cc1. The first kappa shape index (κ1) is 23.2. The summed E-state index contributed by atoms with van der Waals surface area (Å²) in [6.45, 7) is 4.61. The summed E-state index contributed by atoms with van der Waals surface area (Å²) >= 11 is 0. The van der Waals surface area contributed by atoms with Crippen molar-refractivity contribution in [2.24, 2.45) is 10.2 Å². The van der Waals surface area contributed by atoms with Gasteiger partial charge in [-0.15, -0.1) is 6.42 Å². The van der Waals surface area contributed by atoms with Gasteiger partial charge in [0.15, 0.2) is 6.10 Å². The zero-order valence-electron chi connectivity index (χ0n) is 17.8. The molecule has 0 bridgehead atoms. The maximum atomic E-state index is 11.9. The average Bonchev–Trinajstić information content (AvgIpc) is 2.78. The summed E-state index contributed by atoms with van der Waals surface area (Å²) < 4.78 is 10.9. The molecule has 1 atom stereocenters. The molecule has 0 unspecified atom stereocenters. The molecule has 0 saturated carbocycles. The molecule has 2 rings (SSSR count). The number of hydrogen-bond donors (Lipinski definition) is 0. The van der Waals surface area contributed by atoms with E-state index in [1.807, 2.05) is 24.3 Å². The Bertz CT molecular complexity index is 836. The Hall–Kier alpha value is -3.13. The van der Waals surface area contributed by atoms with Crippen LogP contribution in [0.25, 0.3) is 0 Å². The Morgan fingerprint density at radius 3 is 2.10 bits per heavy atom. The van der Waals surface area contributed by atoms with Crippen LogP contribution in [0.3, 0.4) is 0 Å². The molecule has 0 spiro atoms. The lowest BCUT2D eigenvalue weighted by atomic mass is 10.1. The number of unbranched alkanes of at least 4 members (excludes halogenated alkanes) is 5. The van der Waals surface area contributed by atoms with E-state index < -0.39 is 12.1 Å². The number of carbonyl (C=O) groups is 1. The highest BCUT2D eigenvalue weighted by Gasteiger charge is 2.09. The summed E-state index contributed by atoms with van der Waals surface area (Å²) in [5.74, 6) is 2.74. The van der Waals surface area contributed by atoms with Crippen LogP contribution in [0, 0.1) is 12.3 Å². The van der Waals surface area contributed by atoms with Gasteiger partial charge in [-0.25, -0.2) is 4.79 Å². The van der Waals surface area contributed by atoms with Crippen molar-refractivity contribution in [3.8, 4) is 18.1 Å². The van der Waals surface area contributed by atoms with Crippen LogP contribution < -0.4 is 4.74 Å². The third-order valence-corrected chi connectivity index (χ3v) is 4.51. The highest BCUT2D eigenvalue weighted by atomic mass is 16.5. The summed E-state index contributed by atoms with van der Waals surface area (Å²) in [5.41, 5.74) is 1.79. The van der Waals surface area contributed by atoms with Crippen LogP contribution in [0.15, 0.2) is 58.8 Å². The van der Waals surface area contributed by atoms with Crippen molar-refractivity contribution in [1.29, 1.82) is 0 Å². The Balaban J connectivity index is 1.78. The lowest BCUT2D eigenvalue weighted by Crippen LogP contribution is -2.12. The normalized spacial score (nSPS) is 11.8. The summed E-state index contributed by atoms with van der Waals surface area (Å²) in [4.78, 5) is 11.9. The molecule has 0 N–H and O–H groups in total. The van der Waals surface area contributed by atoms with Crippen LogP contribution >= 0.6 is 0 Å². The van der Waals surface area contributed by atoms with Gasteiger partial charge in [0.25, 0.3) is 0 Å². The van der Waals surface area contributed by atoms with Gasteiger partial charge in [-0.2, -0.15) is 10.2 Å². The van der Waals surface area contributed by atoms with Gasteiger partial charge in [0, 0.05) is 0 Å². The number of ether oxygens (including phenoxy) is 2. The Morgan fingerprint density at radius 2 is 1.50 bits per heavy atom. The zero-order valence-corrected chi connectivity index (χ0v) is 17.8. The smallest absolute Gasteiger partial charge is 0.339 e. The van der Waals surface area contributed by atoms with E-state index in [2.05, 4.69) is 23.1 Å². The van der Waals surface area contributed by atoms with Gasteiger partial charge in [-0.3, -0.25) is 0 Å². The van der Waals surface area contributed by atoms with Crippen LogP contribution in [0.5, 0.6) is 5.75 Å². The number of carbonyl (C=O) groups excluding carboxylic acids is 1. The van der Waals surface area contributed by atoms with Crippen molar-refractivity contribution in [1.82, 2.24) is 0 Å². The van der Waals surface area contributed by atoms with Crippen molar-refractivity contribution in [3.05, 3.63) is 54.1 Å². The lowest BCUT2D eigenvalue weighted by Gasteiger charge is -2.07. The fourth-order valence-corrected chi connectivity index (χ4v) is 2.72. The standard InChI is InChI=1S/C25H30N2O3/c1-4-6-7-8-9-10-19-29-24-17-15-23(16-18-24)27-26-22-13-11-21(12-14-22)25(28)30-20(3)5-2/h2,11-18,20H,4,6-10,19H2,1,3H3/t20-/m1/s1. The average molecular weight is 407 g/mol. The predicted octanol–water partition coefficient (Wildman–Crippen LogP) is 7.02. The molecule has 0 radical (unpaired) electrons. The fraction of sp³-hybridized carbons (Fsp3) is 0.400. The number of rotatable bonds is 12. The van der Waals surface area contributed by atoms with Gasteiger partial charge in [0.05, 0.1) is 23.5 Å². The van der Waals surface area contributed by atoms with E-state index in [4.69, 9.17) is 15.9 Å². The van der Waals surface area contributed by atoms with E-state index in [0.29, 0.717) is 11.3 Å². The van der Waals surface area contributed by atoms with Crippen molar-refractivity contribution in [3.63, 3.8) is 0 Å². The van der Waals surface area contributed by atoms with Crippen LogP contribution in [-0.2, 0) is 4.74 Å². The van der Waals surface area contributed by atoms with E-state index >= 15 is 0 Å². The summed E-state index contributed by atoms with van der Waals surface area (Å²) in [6.07, 6.45) is 12.1. The van der Waals surface area contributed by atoms with E-state index in [9.17, 15) is 4.79 Å². The Morgan fingerprint density at radius 1 is 0.933 bits per heavy atom. The number of hydrogen-bond acceptors (Lipinski definition) is 5. The monoisotopic (exact) mass is 406 g/mol. The molecule has 5 heteroatoms. The molecule has 0 amide bonds. The van der Waals surface area contributed by atoms with Gasteiger partial charge in [0.2, 0.25) is 0 Å². The third kappa shape index (κ3) is 8.48. The Kier molecular flexibility index (Phi) is 10.2. The molecule has 0 aromatic heterocycles. The number of nitrogens with zero attached hydrogens (tertiary/aromatic N) is 2. The van der Waals surface area contributed by atoms with Crippen LogP contribution in [0.2, 0.25) is 0 Å². The highest BCUT2D eigenvalue weighted by Crippen LogP contribution is 2.22. The van der Waals surface area contributed by atoms with Crippen LogP contribution in [-0.4, -0.2) is 18.7 Å². The summed E-state index contributed by atoms with van der Waals surface area (Å²) in [6, 6.07) is 14.2. The van der Waals surface area contributed by atoms with Gasteiger partial charge in [-0.05, 0) is 61.9 Å². The first-order valence-electron chi connectivity index (χ1n) is 10.5. The van der Waals surface area contributed by atoms with Crippen molar-refractivity contribution >= 4 is 17.3 Å². The zero-order chi connectivity index (χ0) is 21.6. The minimum Gasteiger partial charge on any atom is -0.494 e. The van der Waals surface area contributed by atoms with Crippen LogP contribution in [0.1, 0.15) is 62.7 Å². The molecule has 2 aromatic rings. The summed E-state index contributed by atoms with van der Waals surface area (Å²) in [5, 5.41) is 8.41. The molecule has 30 heavy (non-hydrogen) atoms.